The normalized spacial score (nSPS) is 24.6. The standard InChI is InChI=1S/C28H47N6O10P/c1-9-41-25(37)18(11-15(3)4)32-45(40,33-19(12-16(5)6)26(38)42-10-2)43-13-20-22(35)28(8,39)27(44-20)34-14-29-21-23(34)30-17(7)31-24(21)36/h14-16,18-20,22,27,35,39H,9-13H2,1-8H3,(H,30,31,36)(H2,32,33,40)/t18?,19?,20-,22?,27-,28+,45?/m1/s1. The second-order valence-electron chi connectivity index (χ2n) is 12.1. The summed E-state index contributed by atoms with van der Waals surface area (Å²) in [6, 6.07) is -2.14. The number of nitrogens with one attached hydrogen (secondary N) is 3. The first-order valence-electron chi connectivity index (χ1n) is 15.2. The minimum absolute atomic E-state index is 0.0115. The lowest BCUT2D eigenvalue weighted by atomic mass is 9.96. The van der Waals surface area contributed by atoms with Gasteiger partial charge in [0.2, 0.25) is 0 Å². The molecule has 2 aromatic rings. The molecule has 3 unspecified atom stereocenters. The first kappa shape index (κ1) is 36.7. The van der Waals surface area contributed by atoms with Crippen molar-refractivity contribution in [3.63, 3.8) is 0 Å². The molecule has 3 rings (SSSR count). The van der Waals surface area contributed by atoms with E-state index < -0.39 is 67.9 Å². The predicted molar refractivity (Wildman–Crippen MR) is 163 cm³/mol. The lowest BCUT2D eigenvalue weighted by Gasteiger charge is -2.30. The fourth-order valence-corrected chi connectivity index (χ4v) is 6.94. The summed E-state index contributed by atoms with van der Waals surface area (Å²) in [6.07, 6.45) is -2.34. The van der Waals surface area contributed by atoms with Gasteiger partial charge in [0.05, 0.1) is 26.1 Å². The van der Waals surface area contributed by atoms with Gasteiger partial charge in [-0.25, -0.2) is 20.1 Å². The maximum absolute atomic E-state index is 14.5. The lowest BCUT2D eigenvalue weighted by Crippen LogP contribution is -2.47. The van der Waals surface area contributed by atoms with Crippen LogP contribution >= 0.6 is 7.67 Å². The Hall–Kier alpha value is -2.72. The lowest BCUT2D eigenvalue weighted by molar-refractivity contribution is -0.146. The molecule has 45 heavy (non-hydrogen) atoms. The van der Waals surface area contributed by atoms with Gasteiger partial charge in [-0.05, 0) is 52.4 Å². The Morgan fingerprint density at radius 2 is 1.64 bits per heavy atom. The number of fused-ring (bicyclic) bond motifs is 1. The molecule has 6 atom stereocenters. The van der Waals surface area contributed by atoms with Crippen molar-refractivity contribution in [1.29, 1.82) is 0 Å². The van der Waals surface area contributed by atoms with E-state index in [4.69, 9.17) is 18.7 Å². The van der Waals surface area contributed by atoms with Gasteiger partial charge in [0.15, 0.2) is 17.4 Å². The molecule has 0 spiro atoms. The molecule has 16 nitrogen and oxygen atoms in total. The molecule has 1 aliphatic heterocycles. The van der Waals surface area contributed by atoms with Crippen molar-refractivity contribution in [3.8, 4) is 0 Å². The fourth-order valence-electron chi connectivity index (χ4n) is 5.12. The number of H-pyrrole nitrogens is 1. The van der Waals surface area contributed by atoms with E-state index in [0.717, 1.165) is 0 Å². The predicted octanol–water partition coefficient (Wildman–Crippen LogP) is 1.70. The van der Waals surface area contributed by atoms with Crippen LogP contribution in [0, 0.1) is 18.8 Å². The maximum atomic E-state index is 14.5. The van der Waals surface area contributed by atoms with Crippen molar-refractivity contribution in [1.82, 2.24) is 29.7 Å². The molecule has 0 aromatic carbocycles. The number of ether oxygens (including phenoxy) is 3. The zero-order valence-electron chi connectivity index (χ0n) is 27.1. The van der Waals surface area contributed by atoms with Gasteiger partial charge in [0.1, 0.15) is 35.7 Å². The highest BCUT2D eigenvalue weighted by Crippen LogP contribution is 2.44. The Kier molecular flexibility index (Phi) is 12.4. The van der Waals surface area contributed by atoms with Gasteiger partial charge in [0, 0.05) is 0 Å². The summed E-state index contributed by atoms with van der Waals surface area (Å²) in [7, 11) is -4.30. The summed E-state index contributed by atoms with van der Waals surface area (Å²) in [5.74, 6) is -1.03. The highest BCUT2D eigenvalue weighted by molar-refractivity contribution is 7.54. The third-order valence-corrected chi connectivity index (χ3v) is 9.00. The minimum atomic E-state index is -4.30. The van der Waals surface area contributed by atoms with Crippen LogP contribution in [0.1, 0.15) is 73.4 Å². The number of imidazole rings is 1. The molecule has 254 valence electrons. The van der Waals surface area contributed by atoms with E-state index in [9.17, 15) is 29.2 Å². The number of hydrogen-bond acceptors (Lipinski definition) is 12. The smallest absolute Gasteiger partial charge is 0.342 e. The third-order valence-electron chi connectivity index (χ3n) is 7.19. The number of rotatable bonds is 16. The van der Waals surface area contributed by atoms with Gasteiger partial charge in [-0.3, -0.25) is 23.5 Å². The molecule has 0 amide bonds. The van der Waals surface area contributed by atoms with E-state index in [0.29, 0.717) is 5.82 Å². The first-order chi connectivity index (χ1) is 21.0. The summed E-state index contributed by atoms with van der Waals surface area (Å²) in [5.41, 5.74) is -2.28. The van der Waals surface area contributed by atoms with Gasteiger partial charge in [-0.15, -0.1) is 0 Å². The maximum Gasteiger partial charge on any atom is 0.342 e. The Labute approximate surface area is 262 Å². The Morgan fingerprint density at radius 3 is 2.13 bits per heavy atom. The van der Waals surface area contributed by atoms with Crippen LogP contribution in [0.2, 0.25) is 0 Å². The van der Waals surface area contributed by atoms with Crippen LogP contribution in [-0.2, 0) is 32.9 Å². The third kappa shape index (κ3) is 8.97. The van der Waals surface area contributed by atoms with Crippen molar-refractivity contribution < 1.29 is 43.1 Å². The molecule has 5 N–H and O–H groups in total. The second-order valence-corrected chi connectivity index (χ2v) is 14.0. The number of carbonyl (C=O) groups is 2. The van der Waals surface area contributed by atoms with Gasteiger partial charge >= 0.3 is 19.6 Å². The SMILES string of the molecule is CCOC(=O)C(CC(C)C)NP(=O)(NC(CC(C)C)C(=O)OCC)OC[C@H]1O[C@@H](n2cnc3c(=O)[nH]c(C)nc32)[C@@](C)(O)C1O. The molecule has 0 aliphatic carbocycles. The summed E-state index contributed by atoms with van der Waals surface area (Å²) < 4.78 is 38.1. The zero-order valence-corrected chi connectivity index (χ0v) is 28.0. The van der Waals surface area contributed by atoms with Crippen molar-refractivity contribution in [2.75, 3.05) is 19.8 Å². The second kappa shape index (κ2) is 15.2. The van der Waals surface area contributed by atoms with E-state index in [1.54, 1.807) is 20.8 Å². The van der Waals surface area contributed by atoms with E-state index in [2.05, 4.69) is 25.1 Å². The van der Waals surface area contributed by atoms with Crippen molar-refractivity contribution in [2.24, 2.45) is 11.8 Å². The number of carbonyl (C=O) groups excluding carboxylic acids is 2. The molecular weight excluding hydrogens is 611 g/mol. The Bertz CT molecular complexity index is 1390. The Balaban J connectivity index is 1.94. The summed E-state index contributed by atoms with van der Waals surface area (Å²) in [6.45, 7) is 13.4. The number of aromatic amines is 1. The monoisotopic (exact) mass is 658 g/mol. The molecular formula is C28H47N6O10P. The van der Waals surface area contributed by atoms with E-state index in [1.807, 2.05) is 27.7 Å². The van der Waals surface area contributed by atoms with Gasteiger partial charge in [0.25, 0.3) is 5.56 Å². The number of hydrogen-bond donors (Lipinski definition) is 5. The molecule has 0 radical (unpaired) electrons. The van der Waals surface area contributed by atoms with E-state index >= 15 is 0 Å². The van der Waals surface area contributed by atoms with Gasteiger partial charge in [-0.2, -0.15) is 0 Å². The zero-order chi connectivity index (χ0) is 33.7. The molecule has 17 heteroatoms. The highest BCUT2D eigenvalue weighted by atomic mass is 31.2. The largest absolute Gasteiger partial charge is 0.465 e. The molecule has 3 heterocycles. The summed E-state index contributed by atoms with van der Waals surface area (Å²) >= 11 is 0. The average molecular weight is 659 g/mol. The Morgan fingerprint density at radius 1 is 1.11 bits per heavy atom. The number of nitrogens with zero attached hydrogens (tertiary/aromatic N) is 3. The van der Waals surface area contributed by atoms with Crippen LogP contribution in [0.4, 0.5) is 0 Å². The number of aliphatic hydroxyl groups is 2. The number of aliphatic hydroxyl groups excluding tert-OH is 1. The quantitative estimate of drug-likeness (QED) is 0.128. The molecule has 0 bridgehead atoms. The van der Waals surface area contributed by atoms with E-state index in [1.165, 1.54) is 17.8 Å². The molecule has 1 saturated heterocycles. The molecule has 0 saturated carbocycles. The summed E-state index contributed by atoms with van der Waals surface area (Å²) in [5, 5.41) is 28.0. The van der Waals surface area contributed by atoms with Crippen molar-refractivity contribution >= 4 is 30.8 Å². The minimum Gasteiger partial charge on any atom is -0.465 e. The number of esters is 2. The van der Waals surface area contributed by atoms with Crippen LogP contribution in [0.25, 0.3) is 11.2 Å². The topological polar surface area (TPSA) is 216 Å². The van der Waals surface area contributed by atoms with Crippen LogP contribution in [0.15, 0.2) is 11.1 Å². The number of aromatic nitrogens is 4. The van der Waals surface area contributed by atoms with Crippen molar-refractivity contribution in [2.45, 2.75) is 104 Å². The average Bonchev–Trinajstić information content (AvgIpc) is 3.44. The van der Waals surface area contributed by atoms with Crippen LogP contribution in [0.3, 0.4) is 0 Å². The van der Waals surface area contributed by atoms with Gasteiger partial charge < -0.3 is 33.9 Å². The highest BCUT2D eigenvalue weighted by Gasteiger charge is 2.54. The summed E-state index contributed by atoms with van der Waals surface area (Å²) in [4.78, 5) is 49.0. The molecule has 1 fully saturated rings. The first-order valence-corrected chi connectivity index (χ1v) is 16.8. The van der Waals surface area contributed by atoms with Crippen LogP contribution < -0.4 is 15.7 Å². The van der Waals surface area contributed by atoms with Crippen molar-refractivity contribution in [3.05, 3.63) is 22.5 Å². The van der Waals surface area contributed by atoms with Crippen LogP contribution in [-0.4, -0.2) is 91.4 Å². The number of aryl methyl sites for hydroxylation is 1. The fraction of sp³-hybridized carbons (Fsp3) is 0.750. The van der Waals surface area contributed by atoms with Gasteiger partial charge in [-0.1, -0.05) is 27.7 Å². The molecule has 1 aliphatic rings. The molecule has 2 aromatic heterocycles. The van der Waals surface area contributed by atoms with E-state index in [-0.39, 0.29) is 49.1 Å². The van der Waals surface area contributed by atoms with Crippen LogP contribution in [0.5, 0.6) is 0 Å².